The summed E-state index contributed by atoms with van der Waals surface area (Å²) < 4.78 is 135. The van der Waals surface area contributed by atoms with Crippen LogP contribution in [0.4, 0.5) is 49.6 Å². The van der Waals surface area contributed by atoms with Gasteiger partial charge in [0.15, 0.2) is 29.0 Å². The Kier molecular flexibility index (Phi) is 5.65. The Morgan fingerprint density at radius 3 is 2.03 bits per heavy atom. The highest BCUT2D eigenvalue weighted by molar-refractivity contribution is 6.05. The van der Waals surface area contributed by atoms with E-state index in [4.69, 9.17) is 0 Å². The van der Waals surface area contributed by atoms with Gasteiger partial charge in [-0.25, -0.2) is 35.4 Å². The molecule has 0 fully saturated rings. The molecule has 0 bridgehead atoms. The van der Waals surface area contributed by atoms with Crippen LogP contribution in [0.25, 0.3) is 5.69 Å². The molecule has 172 valence electrons. The summed E-state index contributed by atoms with van der Waals surface area (Å²) in [7, 11) is 1.14. The topological polar surface area (TPSA) is 64.7 Å². The Bertz CT molecular complexity index is 1180. The second kappa shape index (κ2) is 7.83. The summed E-state index contributed by atoms with van der Waals surface area (Å²) >= 11 is 0. The van der Waals surface area contributed by atoms with Gasteiger partial charge in [0.05, 0.1) is 17.4 Å². The van der Waals surface area contributed by atoms with E-state index in [1.165, 1.54) is 0 Å². The number of halogens is 10. The zero-order chi connectivity index (χ0) is 24.1. The van der Waals surface area contributed by atoms with E-state index in [0.717, 1.165) is 17.9 Å². The number of carbonyl (C=O) groups excluding carboxylic acids is 1. The van der Waals surface area contributed by atoms with Crippen molar-refractivity contribution in [2.45, 2.75) is 12.6 Å². The minimum atomic E-state index is -5.56. The quantitative estimate of drug-likeness (QED) is 0.343. The molecular formula is C16H7F10N5O. The van der Waals surface area contributed by atoms with E-state index >= 15 is 0 Å². The SMILES string of the molecule is Cn1cc(C(=O)Nc2cnn(-c3c(F)c(F)c(F)c(F)c3F)c2C(F)(F)F)c(C(F)F)n1. The number of benzene rings is 1. The maximum absolute atomic E-state index is 14.0. The molecule has 0 saturated carbocycles. The van der Waals surface area contributed by atoms with E-state index in [9.17, 15) is 48.7 Å². The van der Waals surface area contributed by atoms with Crippen LogP contribution in [0.3, 0.4) is 0 Å². The normalized spacial score (nSPS) is 12.0. The van der Waals surface area contributed by atoms with Gasteiger partial charge in [0, 0.05) is 13.2 Å². The molecule has 32 heavy (non-hydrogen) atoms. The monoisotopic (exact) mass is 475 g/mol. The van der Waals surface area contributed by atoms with Crippen molar-refractivity contribution in [3.05, 3.63) is 58.4 Å². The van der Waals surface area contributed by atoms with E-state index in [2.05, 4.69) is 10.2 Å². The Balaban J connectivity index is 2.16. The van der Waals surface area contributed by atoms with Crippen molar-refractivity contribution in [3.63, 3.8) is 0 Å². The molecule has 16 heteroatoms. The van der Waals surface area contributed by atoms with Crippen LogP contribution >= 0.6 is 0 Å². The molecule has 0 radical (unpaired) electrons. The van der Waals surface area contributed by atoms with Crippen LogP contribution in [0.15, 0.2) is 12.4 Å². The van der Waals surface area contributed by atoms with Crippen LogP contribution in [0.5, 0.6) is 0 Å². The van der Waals surface area contributed by atoms with Gasteiger partial charge in [0.1, 0.15) is 11.4 Å². The molecule has 2 heterocycles. The van der Waals surface area contributed by atoms with Crippen molar-refractivity contribution >= 4 is 11.6 Å². The first-order valence-electron chi connectivity index (χ1n) is 8.05. The van der Waals surface area contributed by atoms with Crippen molar-refractivity contribution in [2.24, 2.45) is 7.05 Å². The van der Waals surface area contributed by atoms with Gasteiger partial charge in [-0.1, -0.05) is 0 Å². The number of amides is 1. The number of aryl methyl sites for hydroxylation is 1. The highest BCUT2D eigenvalue weighted by Crippen LogP contribution is 2.38. The first-order valence-corrected chi connectivity index (χ1v) is 8.05. The van der Waals surface area contributed by atoms with Crippen LogP contribution in [-0.2, 0) is 13.2 Å². The molecule has 2 aromatic heterocycles. The van der Waals surface area contributed by atoms with Crippen LogP contribution in [0.1, 0.15) is 28.2 Å². The molecule has 0 saturated heterocycles. The van der Waals surface area contributed by atoms with Crippen molar-refractivity contribution in [3.8, 4) is 5.69 Å². The van der Waals surface area contributed by atoms with Gasteiger partial charge in [-0.15, -0.1) is 0 Å². The Morgan fingerprint density at radius 1 is 1.00 bits per heavy atom. The maximum atomic E-state index is 14.0. The van der Waals surface area contributed by atoms with E-state index in [-0.39, 0.29) is 6.20 Å². The van der Waals surface area contributed by atoms with Crippen LogP contribution in [0, 0.1) is 29.1 Å². The average Bonchev–Trinajstić information content (AvgIpc) is 3.28. The number of carbonyl (C=O) groups is 1. The van der Waals surface area contributed by atoms with Crippen LogP contribution in [-0.4, -0.2) is 25.5 Å². The zero-order valence-corrected chi connectivity index (χ0v) is 15.2. The van der Waals surface area contributed by atoms with E-state index in [0.29, 0.717) is 0 Å². The molecule has 0 atom stereocenters. The molecule has 0 spiro atoms. The summed E-state index contributed by atoms with van der Waals surface area (Å²) in [5.74, 6) is -14.5. The summed E-state index contributed by atoms with van der Waals surface area (Å²) in [6.45, 7) is 0. The van der Waals surface area contributed by atoms with Crippen molar-refractivity contribution < 1.29 is 48.7 Å². The number of rotatable bonds is 4. The van der Waals surface area contributed by atoms with Crippen molar-refractivity contribution in [1.29, 1.82) is 0 Å². The standard InChI is InChI=1S/C16H7F10N5O/c1-30-3-4(11(29-30)14(22)23)15(32)28-5-2-27-31(13(5)16(24,25)26)12-9(20)7(18)6(17)8(19)10(12)21/h2-3,14H,1H3,(H,28,32). The number of anilines is 1. The highest BCUT2D eigenvalue weighted by Gasteiger charge is 2.42. The van der Waals surface area contributed by atoms with Gasteiger partial charge in [0.2, 0.25) is 5.82 Å². The third kappa shape index (κ3) is 3.75. The molecule has 0 aliphatic heterocycles. The molecule has 3 rings (SSSR count). The molecule has 0 aliphatic rings. The van der Waals surface area contributed by atoms with Gasteiger partial charge in [0.25, 0.3) is 12.3 Å². The molecule has 1 aromatic carbocycles. The predicted molar refractivity (Wildman–Crippen MR) is 84.5 cm³/mol. The first-order chi connectivity index (χ1) is 14.8. The van der Waals surface area contributed by atoms with Crippen molar-refractivity contribution in [2.75, 3.05) is 5.32 Å². The lowest BCUT2D eigenvalue weighted by Gasteiger charge is -2.15. The average molecular weight is 475 g/mol. The van der Waals surface area contributed by atoms with E-state index < -0.39 is 80.6 Å². The number of nitrogens with one attached hydrogen (secondary N) is 1. The van der Waals surface area contributed by atoms with E-state index in [1.54, 1.807) is 5.32 Å². The minimum Gasteiger partial charge on any atom is -0.319 e. The summed E-state index contributed by atoms with van der Waals surface area (Å²) in [6.07, 6.45) is -7.88. The predicted octanol–water partition coefficient (Wildman–Crippen LogP) is 4.51. The Labute approximate surface area is 170 Å². The van der Waals surface area contributed by atoms with Gasteiger partial charge in [-0.05, 0) is 0 Å². The second-order valence-electron chi connectivity index (χ2n) is 6.09. The lowest BCUT2D eigenvalue weighted by Crippen LogP contribution is -2.21. The summed E-state index contributed by atoms with van der Waals surface area (Å²) in [5, 5.41) is 7.84. The minimum absolute atomic E-state index is 0.192. The Hall–Kier alpha value is -3.59. The number of hydrogen-bond donors (Lipinski definition) is 1. The number of alkyl halides is 5. The fourth-order valence-electron chi connectivity index (χ4n) is 2.69. The lowest BCUT2D eigenvalue weighted by molar-refractivity contribution is -0.142. The van der Waals surface area contributed by atoms with Gasteiger partial charge in [-0.2, -0.15) is 23.4 Å². The van der Waals surface area contributed by atoms with Crippen LogP contribution in [0.2, 0.25) is 0 Å². The van der Waals surface area contributed by atoms with E-state index in [1.807, 2.05) is 0 Å². The number of hydrogen-bond acceptors (Lipinski definition) is 3. The summed E-state index contributed by atoms with van der Waals surface area (Å²) in [6, 6.07) is 0. The Morgan fingerprint density at radius 2 is 1.53 bits per heavy atom. The lowest BCUT2D eigenvalue weighted by atomic mass is 10.2. The third-order valence-corrected chi connectivity index (χ3v) is 3.99. The molecule has 6 nitrogen and oxygen atoms in total. The molecule has 1 amide bonds. The summed E-state index contributed by atoms with van der Waals surface area (Å²) in [5.41, 5.74) is -7.43. The molecule has 3 aromatic rings. The zero-order valence-electron chi connectivity index (χ0n) is 15.2. The maximum Gasteiger partial charge on any atom is 0.435 e. The number of nitrogens with zero attached hydrogens (tertiary/aromatic N) is 4. The van der Waals surface area contributed by atoms with Crippen LogP contribution < -0.4 is 5.32 Å². The molecule has 0 aliphatic carbocycles. The summed E-state index contributed by atoms with van der Waals surface area (Å²) in [4.78, 5) is 12.2. The van der Waals surface area contributed by atoms with Gasteiger partial charge < -0.3 is 5.32 Å². The molecule has 1 N–H and O–H groups in total. The number of aromatic nitrogens is 4. The molecule has 0 unspecified atom stereocenters. The molecular weight excluding hydrogens is 468 g/mol. The van der Waals surface area contributed by atoms with Gasteiger partial charge >= 0.3 is 6.18 Å². The van der Waals surface area contributed by atoms with Gasteiger partial charge in [-0.3, -0.25) is 9.48 Å². The second-order valence-corrected chi connectivity index (χ2v) is 6.09. The fraction of sp³-hybridized carbons (Fsp3) is 0.188. The smallest absolute Gasteiger partial charge is 0.319 e. The van der Waals surface area contributed by atoms with Crippen molar-refractivity contribution in [1.82, 2.24) is 19.6 Å². The largest absolute Gasteiger partial charge is 0.435 e. The highest BCUT2D eigenvalue weighted by atomic mass is 19.4. The third-order valence-electron chi connectivity index (χ3n) is 3.99. The first kappa shape index (κ1) is 23.1. The fourth-order valence-corrected chi connectivity index (χ4v) is 2.69.